The molecule has 220 valence electrons. The number of hydrogen-bond donors (Lipinski definition) is 1. The van der Waals surface area contributed by atoms with E-state index in [9.17, 15) is 9.90 Å². The molecule has 4 heteroatoms. The SMILES string of the molecule is CCCCCCCCCCCC(CCCCC)CC(OC(=O)CCC1CCCCC1)N(C)CCCCO. The van der Waals surface area contributed by atoms with Crippen molar-refractivity contribution in [3.8, 4) is 0 Å². The van der Waals surface area contributed by atoms with Gasteiger partial charge in [0, 0.05) is 26.0 Å². The Labute approximate surface area is 231 Å². The van der Waals surface area contributed by atoms with Crippen LogP contribution in [0.25, 0.3) is 0 Å². The van der Waals surface area contributed by atoms with E-state index in [0.717, 1.165) is 38.1 Å². The largest absolute Gasteiger partial charge is 0.446 e. The second kappa shape index (κ2) is 24.4. The molecule has 4 nitrogen and oxygen atoms in total. The summed E-state index contributed by atoms with van der Waals surface area (Å²) >= 11 is 0. The van der Waals surface area contributed by atoms with Gasteiger partial charge in [-0.25, -0.2) is 0 Å². The molecule has 0 aliphatic heterocycles. The quantitative estimate of drug-likeness (QED) is 0.0735. The lowest BCUT2D eigenvalue weighted by atomic mass is 9.86. The Morgan fingerprint density at radius 3 is 2.00 bits per heavy atom. The van der Waals surface area contributed by atoms with Crippen molar-refractivity contribution in [3.05, 3.63) is 0 Å². The number of carbonyl (C=O) groups excluding carboxylic acids is 1. The average Bonchev–Trinajstić information content (AvgIpc) is 2.91. The lowest BCUT2D eigenvalue weighted by Crippen LogP contribution is -2.38. The summed E-state index contributed by atoms with van der Waals surface area (Å²) in [5, 5.41) is 9.23. The molecule has 1 aliphatic rings. The number of nitrogens with zero attached hydrogens (tertiary/aromatic N) is 1. The Bertz CT molecular complexity index is 506. The van der Waals surface area contributed by atoms with Gasteiger partial charge in [-0.1, -0.05) is 136 Å². The van der Waals surface area contributed by atoms with E-state index in [4.69, 9.17) is 4.74 Å². The molecule has 2 unspecified atom stereocenters. The van der Waals surface area contributed by atoms with E-state index in [0.29, 0.717) is 12.3 Å². The van der Waals surface area contributed by atoms with Gasteiger partial charge in [0.1, 0.15) is 0 Å². The third-order valence-electron chi connectivity index (χ3n) is 8.63. The zero-order valence-electron chi connectivity index (χ0n) is 25.3. The van der Waals surface area contributed by atoms with Crippen LogP contribution in [0, 0.1) is 11.8 Å². The van der Waals surface area contributed by atoms with E-state index < -0.39 is 0 Å². The van der Waals surface area contributed by atoms with Gasteiger partial charge >= 0.3 is 5.97 Å². The molecule has 37 heavy (non-hydrogen) atoms. The first-order valence-corrected chi connectivity index (χ1v) is 16.6. The van der Waals surface area contributed by atoms with Gasteiger partial charge in [0.05, 0.1) is 0 Å². The van der Waals surface area contributed by atoms with Gasteiger partial charge < -0.3 is 9.84 Å². The summed E-state index contributed by atoms with van der Waals surface area (Å²) in [5.41, 5.74) is 0. The number of aliphatic hydroxyl groups excluding tert-OH is 1. The lowest BCUT2D eigenvalue weighted by molar-refractivity contribution is -0.160. The maximum atomic E-state index is 12.9. The molecule has 1 saturated carbocycles. The number of rotatable bonds is 25. The smallest absolute Gasteiger partial charge is 0.307 e. The van der Waals surface area contributed by atoms with Gasteiger partial charge in [0.25, 0.3) is 0 Å². The van der Waals surface area contributed by atoms with Gasteiger partial charge in [-0.3, -0.25) is 9.69 Å². The topological polar surface area (TPSA) is 49.8 Å². The van der Waals surface area contributed by atoms with Crippen molar-refractivity contribution in [2.24, 2.45) is 11.8 Å². The van der Waals surface area contributed by atoms with E-state index in [2.05, 4.69) is 25.8 Å². The van der Waals surface area contributed by atoms with Crippen LogP contribution < -0.4 is 0 Å². The zero-order valence-corrected chi connectivity index (χ0v) is 25.3. The monoisotopic (exact) mass is 523 g/mol. The molecule has 0 saturated heterocycles. The lowest BCUT2D eigenvalue weighted by Gasteiger charge is -2.31. The van der Waals surface area contributed by atoms with Gasteiger partial charge in [-0.05, 0) is 38.1 Å². The van der Waals surface area contributed by atoms with Crippen LogP contribution in [0.15, 0.2) is 0 Å². The Morgan fingerprint density at radius 1 is 0.811 bits per heavy atom. The molecule has 0 aromatic rings. The molecule has 0 spiro atoms. The van der Waals surface area contributed by atoms with Crippen molar-refractivity contribution >= 4 is 5.97 Å². The number of ether oxygens (including phenoxy) is 1. The highest BCUT2D eigenvalue weighted by molar-refractivity contribution is 5.69. The summed E-state index contributed by atoms with van der Waals surface area (Å²) in [6, 6.07) is 0. The van der Waals surface area contributed by atoms with Crippen LogP contribution in [0.3, 0.4) is 0 Å². The number of unbranched alkanes of at least 4 members (excludes halogenated alkanes) is 11. The molecule has 1 fully saturated rings. The minimum Gasteiger partial charge on any atom is -0.446 e. The highest BCUT2D eigenvalue weighted by Crippen LogP contribution is 2.29. The van der Waals surface area contributed by atoms with Crippen LogP contribution in [-0.4, -0.2) is 42.4 Å². The summed E-state index contributed by atoms with van der Waals surface area (Å²) in [6.07, 6.45) is 29.5. The normalized spacial score (nSPS) is 16.2. The van der Waals surface area contributed by atoms with Crippen LogP contribution in [-0.2, 0) is 9.53 Å². The molecule has 2 atom stereocenters. The van der Waals surface area contributed by atoms with Crippen LogP contribution in [0.5, 0.6) is 0 Å². The molecule has 1 rings (SSSR count). The summed E-state index contributed by atoms with van der Waals surface area (Å²) in [4.78, 5) is 15.2. The zero-order chi connectivity index (χ0) is 27.0. The maximum absolute atomic E-state index is 12.9. The standard InChI is InChI=1S/C33H65NO3/c1-4-6-8-9-10-11-12-13-16-24-31(23-15-7-5-2)29-32(34(3)27-19-20-28-35)37-33(36)26-25-30-21-17-14-18-22-30/h30-32,35H,4-29H2,1-3H3. The first kappa shape index (κ1) is 34.4. The van der Waals surface area contributed by atoms with Gasteiger partial charge in [0.2, 0.25) is 0 Å². The predicted molar refractivity (Wildman–Crippen MR) is 159 cm³/mol. The maximum Gasteiger partial charge on any atom is 0.307 e. The molecule has 0 bridgehead atoms. The number of aliphatic hydroxyl groups is 1. The van der Waals surface area contributed by atoms with E-state index in [1.807, 2.05) is 0 Å². The summed E-state index contributed by atoms with van der Waals surface area (Å²) in [6.45, 7) is 5.67. The molecular weight excluding hydrogens is 458 g/mol. The van der Waals surface area contributed by atoms with E-state index in [-0.39, 0.29) is 18.8 Å². The van der Waals surface area contributed by atoms with Crippen LogP contribution in [0.1, 0.15) is 168 Å². The van der Waals surface area contributed by atoms with Crippen molar-refractivity contribution in [3.63, 3.8) is 0 Å². The van der Waals surface area contributed by atoms with Crippen molar-refractivity contribution in [1.82, 2.24) is 4.90 Å². The third kappa shape index (κ3) is 19.2. The molecule has 0 radical (unpaired) electrons. The molecule has 1 N–H and O–H groups in total. The van der Waals surface area contributed by atoms with E-state index >= 15 is 0 Å². The van der Waals surface area contributed by atoms with Crippen molar-refractivity contribution in [1.29, 1.82) is 0 Å². The fourth-order valence-corrected chi connectivity index (χ4v) is 6.04. The van der Waals surface area contributed by atoms with Gasteiger partial charge in [-0.2, -0.15) is 0 Å². The highest BCUT2D eigenvalue weighted by atomic mass is 16.6. The average molecular weight is 524 g/mol. The summed E-state index contributed by atoms with van der Waals surface area (Å²) in [5.74, 6) is 1.35. The van der Waals surface area contributed by atoms with Crippen molar-refractivity contribution in [2.75, 3.05) is 20.2 Å². The first-order chi connectivity index (χ1) is 18.1. The number of esters is 1. The van der Waals surface area contributed by atoms with Crippen molar-refractivity contribution < 1.29 is 14.6 Å². The minimum atomic E-state index is -0.122. The Balaban J connectivity index is 2.56. The molecule has 0 aromatic heterocycles. The third-order valence-corrected chi connectivity index (χ3v) is 8.63. The number of carbonyl (C=O) groups is 1. The molecule has 0 aromatic carbocycles. The van der Waals surface area contributed by atoms with Crippen LogP contribution in [0.4, 0.5) is 0 Å². The first-order valence-electron chi connectivity index (χ1n) is 16.6. The van der Waals surface area contributed by atoms with E-state index in [1.54, 1.807) is 0 Å². The minimum absolute atomic E-state index is 0.0000344. The summed E-state index contributed by atoms with van der Waals surface area (Å²) in [7, 11) is 2.11. The Morgan fingerprint density at radius 2 is 1.38 bits per heavy atom. The molecule has 0 amide bonds. The molecule has 1 aliphatic carbocycles. The Kier molecular flexibility index (Phi) is 22.7. The fourth-order valence-electron chi connectivity index (χ4n) is 6.04. The second-order valence-corrected chi connectivity index (χ2v) is 12.1. The van der Waals surface area contributed by atoms with Gasteiger partial charge in [0.15, 0.2) is 6.23 Å². The second-order valence-electron chi connectivity index (χ2n) is 12.1. The molecule has 0 heterocycles. The van der Waals surface area contributed by atoms with Gasteiger partial charge in [-0.15, -0.1) is 0 Å². The number of hydrogen-bond acceptors (Lipinski definition) is 4. The fraction of sp³-hybridized carbons (Fsp3) is 0.970. The van der Waals surface area contributed by atoms with Crippen LogP contribution >= 0.6 is 0 Å². The molecular formula is C33H65NO3. The van der Waals surface area contributed by atoms with E-state index in [1.165, 1.54) is 122 Å². The van der Waals surface area contributed by atoms with Crippen LogP contribution in [0.2, 0.25) is 0 Å². The Hall–Kier alpha value is -0.610. The highest BCUT2D eigenvalue weighted by Gasteiger charge is 2.24. The summed E-state index contributed by atoms with van der Waals surface area (Å²) < 4.78 is 6.19. The predicted octanol–water partition coefficient (Wildman–Crippen LogP) is 9.43. The van der Waals surface area contributed by atoms with Crippen molar-refractivity contribution in [2.45, 2.75) is 174 Å².